The van der Waals surface area contributed by atoms with Gasteiger partial charge in [0.15, 0.2) is 11.9 Å². The van der Waals surface area contributed by atoms with Crippen molar-refractivity contribution in [1.29, 1.82) is 0 Å². The summed E-state index contributed by atoms with van der Waals surface area (Å²) in [6.07, 6.45) is 2.87. The Labute approximate surface area is 172 Å². The molecular weight excluding hydrogens is 391 g/mol. The number of hydrogen-bond donors (Lipinski definition) is 0. The minimum atomic E-state index is -0.686. The Bertz CT molecular complexity index is 988. The van der Waals surface area contributed by atoms with Gasteiger partial charge in [-0.2, -0.15) is 0 Å². The fraction of sp³-hybridized carbons (Fsp3) is 0.409. The monoisotopic (exact) mass is 412 g/mol. The third-order valence-electron chi connectivity index (χ3n) is 5.71. The Balaban J connectivity index is 1.26. The first kappa shape index (κ1) is 19.0. The largest absolute Gasteiger partial charge is 0.479 e. The van der Waals surface area contributed by atoms with Crippen molar-refractivity contribution in [2.24, 2.45) is 0 Å². The molecule has 1 amide bonds. The number of pyridine rings is 1. The lowest BCUT2D eigenvalue weighted by Gasteiger charge is -2.18. The molecule has 2 atom stereocenters. The number of benzene rings is 1. The van der Waals surface area contributed by atoms with Crippen LogP contribution < -0.4 is 14.4 Å². The highest BCUT2D eigenvalue weighted by molar-refractivity contribution is 6.04. The summed E-state index contributed by atoms with van der Waals surface area (Å²) in [5.74, 6) is 0.167. The first-order chi connectivity index (χ1) is 14.6. The minimum absolute atomic E-state index is 0.00818. The van der Waals surface area contributed by atoms with Crippen LogP contribution in [0, 0.1) is 5.82 Å². The van der Waals surface area contributed by atoms with E-state index in [0.29, 0.717) is 67.5 Å². The van der Waals surface area contributed by atoms with Crippen LogP contribution >= 0.6 is 0 Å². The van der Waals surface area contributed by atoms with Crippen molar-refractivity contribution in [3.8, 4) is 11.6 Å². The van der Waals surface area contributed by atoms with Gasteiger partial charge in [0, 0.05) is 43.1 Å². The number of nitrogens with zero attached hydrogens (tertiary/aromatic N) is 2. The number of aromatic nitrogens is 1. The molecule has 0 bridgehead atoms. The molecule has 1 aromatic heterocycles. The molecule has 0 saturated carbocycles. The van der Waals surface area contributed by atoms with Crippen LogP contribution in [0.2, 0.25) is 0 Å². The number of hydrogen-bond acceptors (Lipinski definition) is 6. The molecule has 8 heteroatoms. The molecule has 3 heterocycles. The number of rotatable bonds is 5. The summed E-state index contributed by atoms with van der Waals surface area (Å²) in [5.41, 5.74) is 1.23. The van der Waals surface area contributed by atoms with Crippen LogP contribution in [-0.2, 0) is 16.0 Å². The molecule has 156 valence electrons. The molecular formula is C22H21FN2O5. The number of amides is 1. The highest BCUT2D eigenvalue weighted by Gasteiger charge is 2.36. The number of carbonyl (C=O) groups excluding carboxylic acids is 2. The van der Waals surface area contributed by atoms with Gasteiger partial charge in [0.05, 0.1) is 19.4 Å². The van der Waals surface area contributed by atoms with Crippen LogP contribution in [0.4, 0.5) is 10.1 Å². The second-order valence-electron chi connectivity index (χ2n) is 7.70. The summed E-state index contributed by atoms with van der Waals surface area (Å²) >= 11 is 0. The van der Waals surface area contributed by atoms with E-state index in [-0.39, 0.29) is 17.8 Å². The van der Waals surface area contributed by atoms with Crippen molar-refractivity contribution in [3.05, 3.63) is 47.4 Å². The maximum Gasteiger partial charge on any atom is 0.268 e. The topological polar surface area (TPSA) is 78.0 Å². The summed E-state index contributed by atoms with van der Waals surface area (Å²) in [4.78, 5) is 30.5. The molecule has 30 heavy (non-hydrogen) atoms. The van der Waals surface area contributed by atoms with E-state index in [4.69, 9.17) is 14.2 Å². The van der Waals surface area contributed by atoms with E-state index in [2.05, 4.69) is 4.98 Å². The Hall–Kier alpha value is -3.00. The molecule has 2 saturated heterocycles. The van der Waals surface area contributed by atoms with Gasteiger partial charge >= 0.3 is 0 Å². The van der Waals surface area contributed by atoms with Crippen molar-refractivity contribution in [2.45, 2.75) is 37.9 Å². The van der Waals surface area contributed by atoms with Gasteiger partial charge in [-0.15, -0.1) is 0 Å². The van der Waals surface area contributed by atoms with Crippen molar-refractivity contribution in [2.75, 3.05) is 24.7 Å². The van der Waals surface area contributed by atoms with E-state index in [1.165, 1.54) is 17.2 Å². The van der Waals surface area contributed by atoms with Gasteiger partial charge in [0.2, 0.25) is 5.88 Å². The van der Waals surface area contributed by atoms with E-state index in [9.17, 15) is 14.0 Å². The fourth-order valence-electron chi connectivity index (χ4n) is 4.12. The summed E-state index contributed by atoms with van der Waals surface area (Å²) in [5, 5.41) is 0. The number of fused-ring (bicyclic) bond motifs is 1. The van der Waals surface area contributed by atoms with Gasteiger partial charge in [0.25, 0.3) is 5.91 Å². The molecule has 1 aliphatic carbocycles. The lowest BCUT2D eigenvalue weighted by molar-refractivity contribution is -0.122. The molecule has 7 nitrogen and oxygen atoms in total. The van der Waals surface area contributed by atoms with Gasteiger partial charge in [-0.25, -0.2) is 9.37 Å². The normalized spacial score (nSPS) is 23.2. The van der Waals surface area contributed by atoms with Crippen molar-refractivity contribution in [1.82, 2.24) is 4.98 Å². The SMILES string of the molecule is O=C1CCc2c(F)cc(N3CCC(Oc4ccc(OC5CCOC5)nc4)C3=O)cc21. The minimum Gasteiger partial charge on any atom is -0.479 e. The van der Waals surface area contributed by atoms with Crippen LogP contribution in [0.1, 0.15) is 35.2 Å². The summed E-state index contributed by atoms with van der Waals surface area (Å²) in [6, 6.07) is 6.36. The average Bonchev–Trinajstić information content (AvgIpc) is 3.46. The molecule has 0 radical (unpaired) electrons. The predicted molar refractivity (Wildman–Crippen MR) is 105 cm³/mol. The molecule has 2 unspecified atom stereocenters. The Morgan fingerprint density at radius 1 is 1.13 bits per heavy atom. The zero-order valence-corrected chi connectivity index (χ0v) is 16.3. The van der Waals surface area contributed by atoms with E-state index in [1.54, 1.807) is 18.2 Å². The third-order valence-corrected chi connectivity index (χ3v) is 5.71. The average molecular weight is 412 g/mol. The summed E-state index contributed by atoms with van der Waals surface area (Å²) < 4.78 is 31.2. The molecule has 2 aromatic rings. The van der Waals surface area contributed by atoms with Crippen molar-refractivity contribution >= 4 is 17.4 Å². The zero-order chi connectivity index (χ0) is 20.7. The number of carbonyl (C=O) groups is 2. The second kappa shape index (κ2) is 7.68. The number of Topliss-reactive ketones (excluding diaryl/α,β-unsaturated/α-hetero) is 1. The Morgan fingerprint density at radius 3 is 2.80 bits per heavy atom. The van der Waals surface area contributed by atoms with Gasteiger partial charge < -0.3 is 19.1 Å². The fourth-order valence-corrected chi connectivity index (χ4v) is 4.12. The van der Waals surface area contributed by atoms with Crippen LogP contribution in [0.5, 0.6) is 11.6 Å². The molecule has 1 aromatic carbocycles. The lowest BCUT2D eigenvalue weighted by atomic mass is 10.1. The summed E-state index contributed by atoms with van der Waals surface area (Å²) in [7, 11) is 0. The van der Waals surface area contributed by atoms with E-state index >= 15 is 0 Å². The van der Waals surface area contributed by atoms with Crippen molar-refractivity contribution < 1.29 is 28.2 Å². The Kier molecular flexibility index (Phi) is 4.86. The van der Waals surface area contributed by atoms with Crippen molar-refractivity contribution in [3.63, 3.8) is 0 Å². The highest BCUT2D eigenvalue weighted by Crippen LogP contribution is 2.32. The molecule has 2 aliphatic heterocycles. The number of ether oxygens (including phenoxy) is 3. The summed E-state index contributed by atoms with van der Waals surface area (Å²) in [6.45, 7) is 1.64. The molecule has 5 rings (SSSR count). The van der Waals surface area contributed by atoms with Crippen LogP contribution in [0.15, 0.2) is 30.5 Å². The van der Waals surface area contributed by atoms with Gasteiger partial charge in [0.1, 0.15) is 17.7 Å². The maximum atomic E-state index is 14.4. The molecule has 0 spiro atoms. The van der Waals surface area contributed by atoms with Gasteiger partial charge in [-0.3, -0.25) is 9.59 Å². The molecule has 2 fully saturated rings. The van der Waals surface area contributed by atoms with E-state index in [1.807, 2.05) is 0 Å². The smallest absolute Gasteiger partial charge is 0.268 e. The Morgan fingerprint density at radius 2 is 2.03 bits per heavy atom. The van der Waals surface area contributed by atoms with Crippen LogP contribution in [-0.4, -0.2) is 48.6 Å². The van der Waals surface area contributed by atoms with Crippen LogP contribution in [0.3, 0.4) is 0 Å². The van der Waals surface area contributed by atoms with E-state index < -0.39 is 11.9 Å². The van der Waals surface area contributed by atoms with Gasteiger partial charge in [-0.1, -0.05) is 0 Å². The highest BCUT2D eigenvalue weighted by atomic mass is 19.1. The van der Waals surface area contributed by atoms with Gasteiger partial charge in [-0.05, 0) is 30.2 Å². The predicted octanol–water partition coefficient (Wildman–Crippen LogP) is 2.70. The molecule has 3 aliphatic rings. The van der Waals surface area contributed by atoms with Crippen LogP contribution in [0.25, 0.3) is 0 Å². The molecule has 0 N–H and O–H groups in total. The second-order valence-corrected chi connectivity index (χ2v) is 7.70. The standard InChI is InChI=1S/C22H21FN2O5/c23-18-10-13(9-17-16(18)2-3-19(17)26)25-7-5-20(22(25)27)29-14-1-4-21(24-11-14)30-15-6-8-28-12-15/h1,4,9-11,15,20H,2-3,5-8,12H2. The number of ketones is 1. The maximum absolute atomic E-state index is 14.4. The quantitative estimate of drug-likeness (QED) is 0.752. The number of halogens is 1. The number of anilines is 1. The third kappa shape index (κ3) is 3.52. The lowest BCUT2D eigenvalue weighted by Crippen LogP contribution is -2.32. The van der Waals surface area contributed by atoms with E-state index in [0.717, 1.165) is 6.42 Å². The first-order valence-corrected chi connectivity index (χ1v) is 10.1. The zero-order valence-electron chi connectivity index (χ0n) is 16.3. The first-order valence-electron chi connectivity index (χ1n) is 10.1.